The molecule has 0 amide bonds. The van der Waals surface area contributed by atoms with Crippen LogP contribution < -0.4 is 5.73 Å². The van der Waals surface area contributed by atoms with Crippen molar-refractivity contribution in [1.82, 2.24) is 4.98 Å². The van der Waals surface area contributed by atoms with Gasteiger partial charge in [0.2, 0.25) is 0 Å². The van der Waals surface area contributed by atoms with Crippen LogP contribution in [0.25, 0.3) is 0 Å². The van der Waals surface area contributed by atoms with Crippen molar-refractivity contribution < 1.29 is 18.3 Å². The van der Waals surface area contributed by atoms with Crippen LogP contribution >= 0.6 is 11.6 Å². The van der Waals surface area contributed by atoms with Crippen molar-refractivity contribution in [2.45, 2.75) is 12.3 Å². The van der Waals surface area contributed by atoms with Crippen molar-refractivity contribution in [1.29, 1.82) is 0 Å². The number of carbonyl (C=O) groups is 1. The molecule has 0 fully saturated rings. The van der Waals surface area contributed by atoms with Crippen LogP contribution in [0.3, 0.4) is 0 Å². The summed E-state index contributed by atoms with van der Waals surface area (Å²) in [7, 11) is 1.07. The molecule has 0 aliphatic rings. The Kier molecular flexibility index (Phi) is 4.00. The van der Waals surface area contributed by atoms with Crippen LogP contribution in [-0.2, 0) is 10.6 Å². The lowest BCUT2D eigenvalue weighted by Gasteiger charge is -2.12. The number of rotatable bonds is 3. The minimum atomic E-state index is -2.87. The van der Waals surface area contributed by atoms with Crippen molar-refractivity contribution in [3.05, 3.63) is 22.9 Å². The van der Waals surface area contributed by atoms with E-state index in [1.807, 2.05) is 0 Å². The number of alkyl halides is 3. The van der Waals surface area contributed by atoms with E-state index >= 15 is 0 Å². The Labute approximate surface area is 95.4 Å². The van der Waals surface area contributed by atoms with E-state index in [2.05, 4.69) is 9.72 Å². The van der Waals surface area contributed by atoms with Crippen molar-refractivity contribution in [3.8, 4) is 0 Å². The molecule has 1 heterocycles. The fraction of sp³-hybridized carbons (Fsp3) is 0.333. The lowest BCUT2D eigenvalue weighted by Crippen LogP contribution is -2.13. The van der Waals surface area contributed by atoms with Crippen LogP contribution in [0.4, 0.5) is 14.6 Å². The Morgan fingerprint density at radius 3 is 2.75 bits per heavy atom. The molecular formula is C9H9ClF2N2O2. The first-order valence-electron chi connectivity index (χ1n) is 4.22. The van der Waals surface area contributed by atoms with Gasteiger partial charge in [-0.15, -0.1) is 11.6 Å². The maximum Gasteiger partial charge on any atom is 0.342 e. The van der Waals surface area contributed by atoms with Crippen molar-refractivity contribution >= 4 is 23.4 Å². The van der Waals surface area contributed by atoms with Crippen LogP contribution in [0, 0.1) is 0 Å². The first-order valence-corrected chi connectivity index (χ1v) is 4.76. The average Bonchev–Trinajstić information content (AvgIpc) is 2.27. The van der Waals surface area contributed by atoms with Gasteiger partial charge in [0, 0.05) is 17.6 Å². The molecule has 0 saturated heterocycles. The molecule has 7 heteroatoms. The van der Waals surface area contributed by atoms with E-state index in [9.17, 15) is 13.6 Å². The fourth-order valence-electron chi connectivity index (χ4n) is 1.25. The maximum atomic E-state index is 12.8. The van der Waals surface area contributed by atoms with Gasteiger partial charge in [-0.05, 0) is 5.56 Å². The summed E-state index contributed by atoms with van der Waals surface area (Å²) >= 11 is 5.48. The Hall–Kier alpha value is -1.43. The van der Waals surface area contributed by atoms with Crippen LogP contribution in [0.2, 0.25) is 0 Å². The predicted molar refractivity (Wildman–Crippen MR) is 54.5 cm³/mol. The molecule has 1 aromatic heterocycles. The number of nitrogens with two attached hydrogens (primary N) is 1. The summed E-state index contributed by atoms with van der Waals surface area (Å²) in [6.07, 6.45) is -1.75. The molecule has 0 aliphatic carbocycles. The summed E-state index contributed by atoms with van der Waals surface area (Å²) in [5.74, 6) is -1.43. The highest BCUT2D eigenvalue weighted by molar-refractivity contribution is 6.17. The summed E-state index contributed by atoms with van der Waals surface area (Å²) in [5.41, 5.74) is 4.49. The Morgan fingerprint density at radius 1 is 1.69 bits per heavy atom. The third-order valence-corrected chi connectivity index (χ3v) is 2.27. The lowest BCUT2D eigenvalue weighted by atomic mass is 10.0. The molecule has 0 saturated carbocycles. The molecule has 0 aromatic carbocycles. The zero-order chi connectivity index (χ0) is 12.3. The molecule has 88 valence electrons. The number of ether oxygens (including phenoxy) is 1. The van der Waals surface area contributed by atoms with Crippen molar-refractivity contribution in [2.24, 2.45) is 0 Å². The van der Waals surface area contributed by atoms with Gasteiger partial charge in [0.25, 0.3) is 6.43 Å². The van der Waals surface area contributed by atoms with Gasteiger partial charge in [0.15, 0.2) is 0 Å². The summed E-state index contributed by atoms with van der Waals surface area (Å²) < 4.78 is 30.0. The number of methoxy groups -OCH3 is 1. The summed E-state index contributed by atoms with van der Waals surface area (Å²) in [5, 5.41) is 0. The summed E-state index contributed by atoms with van der Waals surface area (Å²) in [6.45, 7) is 0. The van der Waals surface area contributed by atoms with Gasteiger partial charge in [-0.1, -0.05) is 0 Å². The molecule has 0 atom stereocenters. The number of pyridine rings is 1. The lowest BCUT2D eigenvalue weighted by molar-refractivity contribution is 0.0590. The zero-order valence-corrected chi connectivity index (χ0v) is 9.09. The highest BCUT2D eigenvalue weighted by atomic mass is 35.5. The largest absolute Gasteiger partial charge is 0.465 e. The molecule has 4 nitrogen and oxygen atoms in total. The first-order chi connectivity index (χ1) is 7.52. The topological polar surface area (TPSA) is 65.2 Å². The first kappa shape index (κ1) is 12.6. The van der Waals surface area contributed by atoms with E-state index in [4.69, 9.17) is 17.3 Å². The van der Waals surface area contributed by atoms with Crippen molar-refractivity contribution in [3.63, 3.8) is 0 Å². The molecule has 16 heavy (non-hydrogen) atoms. The highest BCUT2D eigenvalue weighted by Gasteiger charge is 2.25. The third-order valence-electron chi connectivity index (χ3n) is 1.98. The van der Waals surface area contributed by atoms with E-state index in [-0.39, 0.29) is 17.3 Å². The number of nitrogens with zero attached hydrogens (tertiary/aromatic N) is 1. The number of anilines is 1. The maximum absolute atomic E-state index is 12.8. The number of aromatic nitrogens is 1. The molecule has 0 aliphatic heterocycles. The number of nitrogen functional groups attached to an aromatic ring is 1. The number of carbonyl (C=O) groups excluding carboxylic acids is 1. The van der Waals surface area contributed by atoms with Gasteiger partial charge in [0.05, 0.1) is 7.11 Å². The number of hydrogen-bond donors (Lipinski definition) is 1. The molecule has 1 rings (SSSR count). The fourth-order valence-corrected chi connectivity index (χ4v) is 1.47. The second kappa shape index (κ2) is 5.07. The van der Waals surface area contributed by atoms with Crippen LogP contribution in [0.5, 0.6) is 0 Å². The van der Waals surface area contributed by atoms with Gasteiger partial charge >= 0.3 is 5.97 Å². The SMILES string of the molecule is COC(=O)c1c(N)ncc(CCl)c1C(F)F. The molecule has 1 aromatic rings. The van der Waals surface area contributed by atoms with E-state index in [1.165, 1.54) is 0 Å². The van der Waals surface area contributed by atoms with Gasteiger partial charge in [-0.25, -0.2) is 18.6 Å². The molecule has 0 unspecified atom stereocenters. The summed E-state index contributed by atoms with van der Waals surface area (Å²) in [4.78, 5) is 14.9. The van der Waals surface area contributed by atoms with E-state index in [1.54, 1.807) is 0 Å². The number of hydrogen-bond acceptors (Lipinski definition) is 4. The molecule has 0 spiro atoms. The van der Waals surface area contributed by atoms with Gasteiger partial charge < -0.3 is 10.5 Å². The zero-order valence-electron chi connectivity index (χ0n) is 8.34. The van der Waals surface area contributed by atoms with Gasteiger partial charge in [0.1, 0.15) is 11.4 Å². The van der Waals surface area contributed by atoms with E-state index < -0.39 is 23.5 Å². The molecule has 0 radical (unpaired) electrons. The molecule has 2 N–H and O–H groups in total. The monoisotopic (exact) mass is 250 g/mol. The van der Waals surface area contributed by atoms with Crippen molar-refractivity contribution in [2.75, 3.05) is 12.8 Å². The minimum absolute atomic E-state index is 0.0614. The van der Waals surface area contributed by atoms with Gasteiger partial charge in [-0.3, -0.25) is 0 Å². The normalized spacial score (nSPS) is 10.6. The second-order valence-corrected chi connectivity index (χ2v) is 3.15. The summed E-state index contributed by atoms with van der Waals surface area (Å²) in [6, 6.07) is 0. The Balaban J connectivity index is 3.48. The second-order valence-electron chi connectivity index (χ2n) is 2.88. The third kappa shape index (κ3) is 2.21. The van der Waals surface area contributed by atoms with Crippen LogP contribution in [-0.4, -0.2) is 18.1 Å². The Bertz CT molecular complexity index is 413. The minimum Gasteiger partial charge on any atom is -0.465 e. The predicted octanol–water partition coefficient (Wildman–Crippen LogP) is 2.13. The molecular weight excluding hydrogens is 242 g/mol. The Morgan fingerprint density at radius 2 is 2.31 bits per heavy atom. The number of esters is 1. The quantitative estimate of drug-likeness (QED) is 0.659. The molecule has 0 bridgehead atoms. The van der Waals surface area contributed by atoms with Gasteiger partial charge in [-0.2, -0.15) is 0 Å². The van der Waals surface area contributed by atoms with Crippen LogP contribution in [0.1, 0.15) is 27.9 Å². The average molecular weight is 251 g/mol. The smallest absolute Gasteiger partial charge is 0.342 e. The number of halogens is 3. The van der Waals surface area contributed by atoms with E-state index in [0.29, 0.717) is 0 Å². The van der Waals surface area contributed by atoms with Crippen LogP contribution in [0.15, 0.2) is 6.20 Å². The van der Waals surface area contributed by atoms with E-state index in [0.717, 1.165) is 13.3 Å². The highest BCUT2D eigenvalue weighted by Crippen LogP contribution is 2.30. The standard InChI is InChI=1S/C9H9ClF2N2O2/c1-16-9(15)6-5(7(11)12)4(2-10)3-14-8(6)13/h3,7H,2H2,1H3,(H2,13,14).